The van der Waals surface area contributed by atoms with Gasteiger partial charge in [-0.2, -0.15) is 13.2 Å². The van der Waals surface area contributed by atoms with Gasteiger partial charge in [0.2, 0.25) is 0 Å². The molecule has 160 valence electrons. The van der Waals surface area contributed by atoms with E-state index in [2.05, 4.69) is 10.6 Å². The molecule has 0 saturated carbocycles. The van der Waals surface area contributed by atoms with E-state index in [0.717, 1.165) is 12.1 Å². The van der Waals surface area contributed by atoms with Gasteiger partial charge in [0.15, 0.2) is 0 Å². The van der Waals surface area contributed by atoms with Crippen LogP contribution in [0.5, 0.6) is 0 Å². The number of carbonyl (C=O) groups is 2. The first-order chi connectivity index (χ1) is 14.2. The highest BCUT2D eigenvalue weighted by Crippen LogP contribution is 2.29. The molecule has 1 heterocycles. The molecule has 30 heavy (non-hydrogen) atoms. The number of amides is 3. The number of likely N-dealkylation sites (tertiary alicyclic amines) is 1. The van der Waals surface area contributed by atoms with Gasteiger partial charge in [0.1, 0.15) is 5.82 Å². The van der Waals surface area contributed by atoms with E-state index in [4.69, 9.17) is 0 Å². The number of hydrogen-bond donors (Lipinski definition) is 2. The van der Waals surface area contributed by atoms with Crippen molar-refractivity contribution in [1.82, 2.24) is 10.2 Å². The molecule has 0 atom stereocenters. The van der Waals surface area contributed by atoms with E-state index in [-0.39, 0.29) is 23.3 Å². The van der Waals surface area contributed by atoms with Gasteiger partial charge in [0, 0.05) is 30.9 Å². The second-order valence-corrected chi connectivity index (χ2v) is 7.16. The number of hydrogen-bond acceptors (Lipinski definition) is 2. The van der Waals surface area contributed by atoms with Crippen LogP contribution < -0.4 is 10.6 Å². The third-order valence-corrected chi connectivity index (χ3v) is 5.00. The number of benzene rings is 2. The first-order valence-electron chi connectivity index (χ1n) is 9.49. The van der Waals surface area contributed by atoms with Crippen LogP contribution in [0.4, 0.5) is 28.0 Å². The molecule has 1 fully saturated rings. The smallest absolute Gasteiger partial charge is 0.352 e. The van der Waals surface area contributed by atoms with Gasteiger partial charge in [0.05, 0.1) is 5.56 Å². The first kappa shape index (κ1) is 21.6. The lowest BCUT2D eigenvalue weighted by atomic mass is 9.97. The van der Waals surface area contributed by atoms with Gasteiger partial charge in [-0.15, -0.1) is 0 Å². The SMILES string of the molecule is O=C(NCC1CCN(C(=O)Nc2ccc(F)cc2)CC1)c1cccc(C(F)(F)F)c1. The number of piperidine rings is 1. The number of halogens is 4. The van der Waals surface area contributed by atoms with Crippen LogP contribution in [0.3, 0.4) is 0 Å². The van der Waals surface area contributed by atoms with E-state index < -0.39 is 17.6 Å². The Labute approximate surface area is 171 Å². The molecule has 2 aromatic carbocycles. The summed E-state index contributed by atoms with van der Waals surface area (Å²) in [6.07, 6.45) is -3.20. The van der Waals surface area contributed by atoms with Gasteiger partial charge in [-0.05, 0) is 61.2 Å². The molecule has 0 radical (unpaired) electrons. The van der Waals surface area contributed by atoms with Crippen LogP contribution in [0.2, 0.25) is 0 Å². The summed E-state index contributed by atoms with van der Waals surface area (Å²) in [5.74, 6) is -0.826. The first-order valence-corrected chi connectivity index (χ1v) is 9.49. The summed E-state index contributed by atoms with van der Waals surface area (Å²) in [5, 5.41) is 5.38. The third-order valence-electron chi connectivity index (χ3n) is 5.00. The molecular weight excluding hydrogens is 402 g/mol. The monoisotopic (exact) mass is 423 g/mol. The van der Waals surface area contributed by atoms with Crippen LogP contribution >= 0.6 is 0 Å². The van der Waals surface area contributed by atoms with E-state index >= 15 is 0 Å². The van der Waals surface area contributed by atoms with Crippen molar-refractivity contribution in [3.05, 3.63) is 65.5 Å². The second kappa shape index (κ2) is 9.15. The van der Waals surface area contributed by atoms with Gasteiger partial charge in [-0.25, -0.2) is 9.18 Å². The van der Waals surface area contributed by atoms with E-state index in [9.17, 15) is 27.2 Å². The quantitative estimate of drug-likeness (QED) is 0.711. The van der Waals surface area contributed by atoms with Crippen molar-refractivity contribution in [3.8, 4) is 0 Å². The summed E-state index contributed by atoms with van der Waals surface area (Å²) in [6.45, 7) is 1.29. The number of anilines is 1. The summed E-state index contributed by atoms with van der Waals surface area (Å²) in [6, 6.07) is 9.48. The topological polar surface area (TPSA) is 61.4 Å². The summed E-state index contributed by atoms with van der Waals surface area (Å²) in [4.78, 5) is 26.1. The van der Waals surface area contributed by atoms with Crippen LogP contribution in [0, 0.1) is 11.7 Å². The Morgan fingerprint density at radius 2 is 1.70 bits per heavy atom. The Kier molecular flexibility index (Phi) is 6.59. The van der Waals surface area contributed by atoms with Gasteiger partial charge in [0.25, 0.3) is 5.91 Å². The molecule has 0 spiro atoms. The number of carbonyl (C=O) groups excluding carboxylic acids is 2. The molecule has 1 saturated heterocycles. The normalized spacial score (nSPS) is 15.0. The van der Waals surface area contributed by atoms with Crippen molar-refractivity contribution in [2.45, 2.75) is 19.0 Å². The minimum absolute atomic E-state index is 0.0408. The molecule has 3 rings (SSSR count). The highest BCUT2D eigenvalue weighted by Gasteiger charge is 2.31. The van der Waals surface area contributed by atoms with Crippen LogP contribution in [-0.2, 0) is 6.18 Å². The van der Waals surface area contributed by atoms with E-state index in [1.165, 1.54) is 36.4 Å². The molecule has 0 aromatic heterocycles. The van der Waals surface area contributed by atoms with Crippen molar-refractivity contribution in [2.24, 2.45) is 5.92 Å². The zero-order valence-corrected chi connectivity index (χ0v) is 16.0. The minimum Gasteiger partial charge on any atom is -0.352 e. The van der Waals surface area contributed by atoms with Crippen LogP contribution in [0.1, 0.15) is 28.8 Å². The Morgan fingerprint density at radius 3 is 2.33 bits per heavy atom. The van der Waals surface area contributed by atoms with Gasteiger partial charge in [-0.3, -0.25) is 4.79 Å². The van der Waals surface area contributed by atoms with Gasteiger partial charge in [-0.1, -0.05) is 6.07 Å². The molecule has 1 aliphatic rings. The molecule has 9 heteroatoms. The zero-order valence-electron chi connectivity index (χ0n) is 16.0. The third kappa shape index (κ3) is 5.71. The molecule has 2 aromatic rings. The van der Waals surface area contributed by atoms with E-state index in [1.54, 1.807) is 4.90 Å². The lowest BCUT2D eigenvalue weighted by Crippen LogP contribution is -2.43. The minimum atomic E-state index is -4.50. The lowest BCUT2D eigenvalue weighted by molar-refractivity contribution is -0.137. The summed E-state index contributed by atoms with van der Waals surface area (Å²) >= 11 is 0. The maximum atomic E-state index is 12.9. The largest absolute Gasteiger partial charge is 0.416 e. The summed E-state index contributed by atoms with van der Waals surface area (Å²) in [5.41, 5.74) is -0.409. The maximum Gasteiger partial charge on any atom is 0.416 e. The van der Waals surface area contributed by atoms with E-state index in [0.29, 0.717) is 38.2 Å². The standard InChI is InChI=1S/C21H21F4N3O2/c22-17-4-6-18(7-5-17)27-20(30)28-10-8-14(9-11-28)13-26-19(29)15-2-1-3-16(12-15)21(23,24)25/h1-7,12,14H,8-11,13H2,(H,26,29)(H,27,30). The Bertz CT molecular complexity index is 892. The van der Waals surface area contributed by atoms with Crippen LogP contribution in [-0.4, -0.2) is 36.5 Å². The fourth-order valence-corrected chi connectivity index (χ4v) is 3.25. The lowest BCUT2D eigenvalue weighted by Gasteiger charge is -2.32. The number of nitrogens with zero attached hydrogens (tertiary/aromatic N) is 1. The van der Waals surface area contributed by atoms with Crippen molar-refractivity contribution in [1.29, 1.82) is 0 Å². The molecule has 2 N–H and O–H groups in total. The Balaban J connectivity index is 1.45. The molecule has 1 aliphatic heterocycles. The molecular formula is C21H21F4N3O2. The molecule has 0 aliphatic carbocycles. The number of nitrogens with one attached hydrogen (secondary N) is 2. The van der Waals surface area contributed by atoms with Crippen molar-refractivity contribution in [2.75, 3.05) is 25.0 Å². The Morgan fingerprint density at radius 1 is 1.03 bits per heavy atom. The van der Waals surface area contributed by atoms with E-state index in [1.807, 2.05) is 0 Å². The van der Waals surface area contributed by atoms with Crippen molar-refractivity contribution >= 4 is 17.6 Å². The average molecular weight is 423 g/mol. The summed E-state index contributed by atoms with van der Waals surface area (Å²) < 4.78 is 51.3. The number of urea groups is 1. The number of rotatable bonds is 4. The fraction of sp³-hybridized carbons (Fsp3) is 0.333. The highest BCUT2D eigenvalue weighted by atomic mass is 19.4. The van der Waals surface area contributed by atoms with Crippen molar-refractivity contribution < 1.29 is 27.2 Å². The van der Waals surface area contributed by atoms with Crippen LogP contribution in [0.25, 0.3) is 0 Å². The van der Waals surface area contributed by atoms with Gasteiger partial charge >= 0.3 is 12.2 Å². The Hall–Kier alpha value is -3.10. The number of alkyl halides is 3. The molecule has 0 unspecified atom stereocenters. The fourth-order valence-electron chi connectivity index (χ4n) is 3.25. The molecule has 5 nitrogen and oxygen atoms in total. The van der Waals surface area contributed by atoms with Crippen molar-refractivity contribution in [3.63, 3.8) is 0 Å². The summed E-state index contributed by atoms with van der Waals surface area (Å²) in [7, 11) is 0. The molecule has 0 bridgehead atoms. The van der Waals surface area contributed by atoms with Crippen LogP contribution in [0.15, 0.2) is 48.5 Å². The zero-order chi connectivity index (χ0) is 21.7. The predicted octanol–water partition coefficient (Wildman–Crippen LogP) is 4.52. The highest BCUT2D eigenvalue weighted by molar-refractivity contribution is 5.94. The maximum absolute atomic E-state index is 12.9. The van der Waals surface area contributed by atoms with Gasteiger partial charge < -0.3 is 15.5 Å². The second-order valence-electron chi connectivity index (χ2n) is 7.16. The average Bonchev–Trinajstić information content (AvgIpc) is 2.73. The molecule has 3 amide bonds. The predicted molar refractivity (Wildman–Crippen MR) is 103 cm³/mol.